The van der Waals surface area contributed by atoms with Crippen LogP contribution in [0.25, 0.3) is 0 Å². The fourth-order valence-electron chi connectivity index (χ4n) is 2.65. The molecule has 0 bridgehead atoms. The molecule has 140 valence electrons. The number of hydrogen-bond donors (Lipinski definition) is 2. The number of halogens is 1. The minimum atomic E-state index is -3.68. The van der Waals surface area contributed by atoms with Crippen LogP contribution in [0, 0.1) is 0 Å². The lowest BCUT2D eigenvalue weighted by Crippen LogP contribution is -2.28. The van der Waals surface area contributed by atoms with Gasteiger partial charge in [-0.2, -0.15) is 0 Å². The highest BCUT2D eigenvalue weighted by atomic mass is 35.5. The molecule has 5 nitrogen and oxygen atoms in total. The van der Waals surface area contributed by atoms with Crippen molar-refractivity contribution in [3.8, 4) is 0 Å². The van der Waals surface area contributed by atoms with Crippen LogP contribution >= 0.6 is 11.6 Å². The number of carboxylic acid groups (broad SMARTS) is 1. The van der Waals surface area contributed by atoms with Gasteiger partial charge in [0.05, 0.1) is 4.90 Å². The summed E-state index contributed by atoms with van der Waals surface area (Å²) in [4.78, 5) is 10.7. The Balaban J connectivity index is 2.08. The molecule has 2 aromatic carbocycles. The lowest BCUT2D eigenvalue weighted by molar-refractivity contribution is -0.137. The number of carboxylic acids is 1. The number of rotatable bonds is 10. The van der Waals surface area contributed by atoms with Crippen molar-refractivity contribution >= 4 is 27.6 Å². The highest BCUT2D eigenvalue weighted by Gasteiger charge is 2.21. The Kier molecular flexibility index (Phi) is 7.63. The van der Waals surface area contributed by atoms with Crippen molar-refractivity contribution in [2.45, 2.75) is 43.0 Å². The fourth-order valence-corrected chi connectivity index (χ4v) is 4.03. The standard InChI is InChI=1S/C19H22ClNO4S/c20-16-11-13-17(14-12-16)26(24,25)21-18(15-7-3-1-4-8-15)9-5-2-6-10-19(22)23/h1,3-4,7-8,11-14,18,21H,2,5-6,9-10H2,(H,22,23). The summed E-state index contributed by atoms with van der Waals surface area (Å²) < 4.78 is 28.1. The minimum absolute atomic E-state index is 0.131. The van der Waals surface area contributed by atoms with E-state index in [1.807, 2.05) is 30.3 Å². The molecule has 26 heavy (non-hydrogen) atoms. The van der Waals surface area contributed by atoms with Crippen molar-refractivity contribution in [2.75, 3.05) is 0 Å². The van der Waals surface area contributed by atoms with Crippen molar-refractivity contribution in [3.63, 3.8) is 0 Å². The van der Waals surface area contributed by atoms with E-state index in [1.165, 1.54) is 12.1 Å². The highest BCUT2D eigenvalue weighted by molar-refractivity contribution is 7.89. The Morgan fingerprint density at radius 1 is 1.00 bits per heavy atom. The number of benzene rings is 2. The predicted octanol–water partition coefficient (Wildman–Crippen LogP) is 4.39. The second-order valence-electron chi connectivity index (χ2n) is 6.03. The van der Waals surface area contributed by atoms with Crippen molar-refractivity contribution < 1.29 is 18.3 Å². The Morgan fingerprint density at radius 3 is 2.27 bits per heavy atom. The molecule has 0 saturated heterocycles. The molecule has 0 fully saturated rings. The van der Waals surface area contributed by atoms with E-state index in [0.29, 0.717) is 17.9 Å². The van der Waals surface area contributed by atoms with Crippen LogP contribution in [0.15, 0.2) is 59.5 Å². The van der Waals surface area contributed by atoms with Crippen LogP contribution < -0.4 is 4.72 Å². The van der Waals surface area contributed by atoms with Crippen LogP contribution in [0.5, 0.6) is 0 Å². The molecule has 1 unspecified atom stereocenters. The molecule has 2 N–H and O–H groups in total. The molecule has 1 atom stereocenters. The molecule has 2 rings (SSSR count). The Morgan fingerprint density at radius 2 is 1.65 bits per heavy atom. The first-order valence-corrected chi connectivity index (χ1v) is 10.3. The normalized spacial score (nSPS) is 12.7. The van der Waals surface area contributed by atoms with E-state index in [0.717, 1.165) is 18.4 Å². The third-order valence-electron chi connectivity index (χ3n) is 4.01. The summed E-state index contributed by atoms with van der Waals surface area (Å²) in [5.74, 6) is -0.812. The average molecular weight is 396 g/mol. The summed E-state index contributed by atoms with van der Waals surface area (Å²) in [5, 5.41) is 9.17. The maximum Gasteiger partial charge on any atom is 0.303 e. The summed E-state index contributed by atoms with van der Waals surface area (Å²) in [6.07, 6.45) is 2.78. The number of sulfonamides is 1. The molecule has 0 aromatic heterocycles. The van der Waals surface area contributed by atoms with Gasteiger partial charge in [-0.15, -0.1) is 0 Å². The molecule has 0 saturated carbocycles. The number of aliphatic carboxylic acids is 1. The summed E-state index contributed by atoms with van der Waals surface area (Å²) in [5.41, 5.74) is 0.878. The van der Waals surface area contributed by atoms with E-state index < -0.39 is 16.0 Å². The maximum atomic E-state index is 12.7. The predicted molar refractivity (Wildman–Crippen MR) is 102 cm³/mol. The minimum Gasteiger partial charge on any atom is -0.481 e. The summed E-state index contributed by atoms with van der Waals surface area (Å²) >= 11 is 5.83. The first-order valence-electron chi connectivity index (χ1n) is 8.43. The van der Waals surface area contributed by atoms with Crippen LogP contribution in [-0.2, 0) is 14.8 Å². The van der Waals surface area contributed by atoms with Gasteiger partial charge in [-0.05, 0) is 42.7 Å². The third-order valence-corrected chi connectivity index (χ3v) is 5.75. The lowest BCUT2D eigenvalue weighted by atomic mass is 10.0. The zero-order valence-electron chi connectivity index (χ0n) is 14.3. The van der Waals surface area contributed by atoms with Crippen LogP contribution in [0.2, 0.25) is 5.02 Å². The largest absolute Gasteiger partial charge is 0.481 e. The average Bonchev–Trinajstić information content (AvgIpc) is 2.61. The number of unbranched alkanes of at least 4 members (excludes halogenated alkanes) is 2. The van der Waals surface area contributed by atoms with Gasteiger partial charge in [-0.25, -0.2) is 13.1 Å². The van der Waals surface area contributed by atoms with Crippen molar-refractivity contribution in [3.05, 3.63) is 65.2 Å². The summed E-state index contributed by atoms with van der Waals surface area (Å²) in [6.45, 7) is 0. The number of hydrogen-bond acceptors (Lipinski definition) is 3. The molecular weight excluding hydrogens is 374 g/mol. The topological polar surface area (TPSA) is 83.5 Å². The molecule has 0 aliphatic heterocycles. The van der Waals surface area contributed by atoms with E-state index in [-0.39, 0.29) is 17.4 Å². The van der Waals surface area contributed by atoms with Gasteiger partial charge < -0.3 is 5.11 Å². The van der Waals surface area contributed by atoms with Crippen molar-refractivity contribution in [1.82, 2.24) is 4.72 Å². The van der Waals surface area contributed by atoms with E-state index in [9.17, 15) is 13.2 Å². The van der Waals surface area contributed by atoms with Crippen LogP contribution in [-0.4, -0.2) is 19.5 Å². The van der Waals surface area contributed by atoms with Gasteiger partial charge in [0.1, 0.15) is 0 Å². The van der Waals surface area contributed by atoms with E-state index >= 15 is 0 Å². The molecule has 2 aromatic rings. The zero-order chi connectivity index (χ0) is 19.0. The van der Waals surface area contributed by atoms with Gasteiger partial charge in [0.2, 0.25) is 10.0 Å². The van der Waals surface area contributed by atoms with Crippen LogP contribution in [0.3, 0.4) is 0 Å². The summed E-state index contributed by atoms with van der Waals surface area (Å²) in [7, 11) is -3.68. The van der Waals surface area contributed by atoms with Gasteiger partial charge in [0, 0.05) is 17.5 Å². The fraction of sp³-hybridized carbons (Fsp3) is 0.316. The van der Waals surface area contributed by atoms with Gasteiger partial charge in [0.15, 0.2) is 0 Å². The van der Waals surface area contributed by atoms with E-state index in [1.54, 1.807) is 12.1 Å². The quantitative estimate of drug-likeness (QED) is 0.584. The van der Waals surface area contributed by atoms with Gasteiger partial charge in [0.25, 0.3) is 0 Å². The zero-order valence-corrected chi connectivity index (χ0v) is 15.8. The highest BCUT2D eigenvalue weighted by Crippen LogP contribution is 2.23. The molecule has 0 amide bonds. The molecule has 7 heteroatoms. The van der Waals surface area contributed by atoms with Gasteiger partial charge >= 0.3 is 5.97 Å². The molecule has 0 aliphatic rings. The third kappa shape index (κ3) is 6.44. The molecular formula is C19H22ClNO4S. The first kappa shape index (κ1) is 20.4. The Bertz CT molecular complexity index is 807. The first-order chi connectivity index (χ1) is 12.4. The van der Waals surface area contributed by atoms with Gasteiger partial charge in [-0.3, -0.25) is 4.79 Å². The molecule has 0 spiro atoms. The Labute approximate surface area is 159 Å². The van der Waals surface area contributed by atoms with Crippen molar-refractivity contribution in [2.24, 2.45) is 0 Å². The lowest BCUT2D eigenvalue weighted by Gasteiger charge is -2.19. The van der Waals surface area contributed by atoms with E-state index in [4.69, 9.17) is 16.7 Å². The smallest absolute Gasteiger partial charge is 0.303 e. The second kappa shape index (κ2) is 9.71. The van der Waals surface area contributed by atoms with E-state index in [2.05, 4.69) is 4.72 Å². The number of nitrogens with one attached hydrogen (secondary N) is 1. The van der Waals surface area contributed by atoms with Crippen molar-refractivity contribution in [1.29, 1.82) is 0 Å². The molecule has 0 aliphatic carbocycles. The molecule has 0 heterocycles. The SMILES string of the molecule is O=C(O)CCCCCC(NS(=O)(=O)c1ccc(Cl)cc1)c1ccccc1. The Hall–Kier alpha value is -1.89. The molecule has 0 radical (unpaired) electrons. The second-order valence-corrected chi connectivity index (χ2v) is 8.18. The maximum absolute atomic E-state index is 12.7. The number of carbonyl (C=O) groups is 1. The van der Waals surface area contributed by atoms with Crippen LogP contribution in [0.4, 0.5) is 0 Å². The van der Waals surface area contributed by atoms with Gasteiger partial charge in [-0.1, -0.05) is 54.8 Å². The monoisotopic (exact) mass is 395 g/mol. The van der Waals surface area contributed by atoms with Crippen LogP contribution in [0.1, 0.15) is 43.7 Å². The summed E-state index contributed by atoms with van der Waals surface area (Å²) in [6, 6.07) is 15.0.